The molecule has 6 amide bonds. The molecule has 6 atom stereocenters. The van der Waals surface area contributed by atoms with Gasteiger partial charge in [0.05, 0.1) is 27.9 Å². The molecule has 0 spiro atoms. The Hall–Kier alpha value is -9.06. The van der Waals surface area contributed by atoms with Gasteiger partial charge in [-0.05, 0) is 130 Å². The first-order chi connectivity index (χ1) is 41.4. The van der Waals surface area contributed by atoms with E-state index in [9.17, 15) is 42.0 Å². The van der Waals surface area contributed by atoms with E-state index in [0.29, 0.717) is 73.7 Å². The fraction of sp³-hybridized carbons (Fsp3) is 0.349. The summed E-state index contributed by atoms with van der Waals surface area (Å²) in [6.45, 7) is 2.36. The summed E-state index contributed by atoms with van der Waals surface area (Å²) in [5.41, 5.74) is 9.75. The molecular weight excluding hydrogens is 1120 g/mol. The zero-order valence-corrected chi connectivity index (χ0v) is 48.9. The maximum absolute atomic E-state index is 14.4. The molecular formula is C63H70N12O10S. The Morgan fingerprint density at radius 1 is 0.628 bits per heavy atom. The smallest absolute Gasteiger partial charge is 0.338 e. The second-order valence-electron chi connectivity index (χ2n) is 22.3. The van der Waals surface area contributed by atoms with Gasteiger partial charge in [0, 0.05) is 126 Å². The van der Waals surface area contributed by atoms with Gasteiger partial charge in [-0.1, -0.05) is 49.9 Å². The Balaban J connectivity index is 0.837. The molecule has 1 saturated heterocycles. The van der Waals surface area contributed by atoms with Gasteiger partial charge in [-0.2, -0.15) is 10.2 Å². The number of carbonyl (C=O) groups excluding carboxylic acids is 7. The van der Waals surface area contributed by atoms with Crippen LogP contribution in [0.25, 0.3) is 10.8 Å². The Bertz CT molecular complexity index is 3640. The van der Waals surface area contributed by atoms with Gasteiger partial charge in [0.25, 0.3) is 35.4 Å². The summed E-state index contributed by atoms with van der Waals surface area (Å²) in [6, 6.07) is 28.9. The topological polar surface area (TPSA) is 304 Å². The van der Waals surface area contributed by atoms with Crippen LogP contribution in [0.5, 0.6) is 0 Å². The minimum Gasteiger partial charge on any atom is -0.461 e. The molecule has 448 valence electrons. The maximum Gasteiger partial charge on any atom is 0.338 e. The van der Waals surface area contributed by atoms with Crippen LogP contribution in [0.4, 0.5) is 22.7 Å². The fourth-order valence-electron chi connectivity index (χ4n) is 11.6. The fourth-order valence-corrected chi connectivity index (χ4v) is 12.8. The van der Waals surface area contributed by atoms with Gasteiger partial charge in [0.15, 0.2) is 0 Å². The molecule has 4 aliphatic rings. The van der Waals surface area contributed by atoms with E-state index in [4.69, 9.17) is 10.5 Å². The van der Waals surface area contributed by atoms with E-state index in [1.165, 1.54) is 42.5 Å². The normalized spacial score (nSPS) is 20.9. The Morgan fingerprint density at radius 3 is 1.63 bits per heavy atom. The number of fused-ring (bicyclic) bond motifs is 7. The van der Waals surface area contributed by atoms with E-state index in [-0.39, 0.29) is 70.4 Å². The van der Waals surface area contributed by atoms with Crippen molar-refractivity contribution in [1.29, 1.82) is 0 Å². The zero-order chi connectivity index (χ0) is 60.6. The van der Waals surface area contributed by atoms with E-state index in [1.54, 1.807) is 47.4 Å². The van der Waals surface area contributed by atoms with Gasteiger partial charge in [0.2, 0.25) is 10.0 Å². The molecule has 0 radical (unpaired) electrons. The summed E-state index contributed by atoms with van der Waals surface area (Å²) >= 11 is 0. The molecule has 3 fully saturated rings. The number of hydrogen-bond acceptors (Lipinski definition) is 15. The van der Waals surface area contributed by atoms with Crippen LogP contribution < -0.4 is 47.3 Å². The largest absolute Gasteiger partial charge is 0.461 e. The SMILES string of the molecule is CCNc1ccc(N=Nc2ccc(C(=O)N3C[C@@H](N)[C@H](NC(=O)c4cc5cc(c4)C(=O)N[C@H]4CCCC[C@@H]4NC(=O)c4cc(cc(C(=O)OCCNS(=O)(=O)c6cccc7c(N(C)C)cccc67)c4)C(=O)N[C@H]4CCCC[C@@H]4NC5=O)C3)cc2)cc1. The molecule has 2 aliphatic carbocycles. The minimum atomic E-state index is -4.08. The summed E-state index contributed by atoms with van der Waals surface area (Å²) in [5, 5.41) is 28.2. The predicted molar refractivity (Wildman–Crippen MR) is 325 cm³/mol. The first-order valence-corrected chi connectivity index (χ1v) is 30.5. The van der Waals surface area contributed by atoms with Gasteiger partial charge in [0.1, 0.15) is 6.61 Å². The second-order valence-corrected chi connectivity index (χ2v) is 24.1. The van der Waals surface area contributed by atoms with Gasteiger partial charge in [-0.3, -0.25) is 28.8 Å². The summed E-state index contributed by atoms with van der Waals surface area (Å²) in [6.07, 6.45) is 4.69. The number of azo groups is 1. The summed E-state index contributed by atoms with van der Waals surface area (Å²) in [7, 11) is -0.345. The van der Waals surface area contributed by atoms with Crippen molar-refractivity contribution in [3.63, 3.8) is 0 Å². The monoisotopic (exact) mass is 1190 g/mol. The molecule has 0 unspecified atom stereocenters. The lowest BCUT2D eigenvalue weighted by atomic mass is 9.89. The number of rotatable bonds is 14. The number of amides is 6. The predicted octanol–water partition coefficient (Wildman–Crippen LogP) is 6.73. The highest BCUT2D eigenvalue weighted by atomic mass is 32.2. The number of ether oxygens (including phenoxy) is 1. The third-order valence-electron chi connectivity index (χ3n) is 16.1. The molecule has 22 nitrogen and oxygen atoms in total. The Kier molecular flexibility index (Phi) is 18.5. The Morgan fingerprint density at radius 2 is 1.12 bits per heavy atom. The van der Waals surface area contributed by atoms with Crippen molar-refractivity contribution in [3.05, 3.63) is 160 Å². The summed E-state index contributed by atoms with van der Waals surface area (Å²) in [4.78, 5) is 103. The van der Waals surface area contributed by atoms with Crippen LogP contribution in [0.3, 0.4) is 0 Å². The van der Waals surface area contributed by atoms with Gasteiger partial charge >= 0.3 is 5.97 Å². The van der Waals surface area contributed by atoms with E-state index in [1.807, 2.05) is 62.3 Å². The van der Waals surface area contributed by atoms with Crippen LogP contribution in [0.2, 0.25) is 0 Å². The summed E-state index contributed by atoms with van der Waals surface area (Å²) in [5.74, 6) is -4.32. The number of benzene rings is 6. The number of nitrogens with one attached hydrogen (secondary N) is 7. The number of carbonyl (C=O) groups is 7. The second kappa shape index (κ2) is 26.5. The first-order valence-electron chi connectivity index (χ1n) is 29.0. The van der Waals surface area contributed by atoms with Gasteiger partial charge in [-0.15, -0.1) is 0 Å². The highest BCUT2D eigenvalue weighted by molar-refractivity contribution is 7.89. The molecule has 2 aliphatic heterocycles. The number of hydrogen-bond donors (Lipinski definition) is 8. The number of esters is 1. The lowest BCUT2D eigenvalue weighted by molar-refractivity contribution is 0.0512. The van der Waals surface area contributed by atoms with Crippen LogP contribution >= 0.6 is 0 Å². The average Bonchev–Trinajstić information content (AvgIpc) is 3.85. The molecule has 6 aromatic rings. The van der Waals surface area contributed by atoms with Crippen molar-refractivity contribution < 1.29 is 46.7 Å². The number of anilines is 2. The average molecular weight is 1190 g/mol. The van der Waals surface area contributed by atoms with E-state index >= 15 is 0 Å². The standard InChI is InChI=1S/C63H70N12O10S/c1-4-65-44-23-25-46(26-24-44)73-72-45-21-19-37(20-22-45)62(81)75-35-49(64)54(36-75)71-61(80)40-30-38-29-39(31-40)58(77)68-51-14-6-8-16-53(51)70-60(79)42-32-41(59(78)69-52-15-7-5-13-50(52)67-57(38)76)33-43(34-42)63(82)85-28-27-66-86(83,84)56-18-10-11-47-48(56)12-9-17-55(47)74(2)3/h9-12,17-26,29-34,49-54,65-66H,4-8,13-16,27-28,35-36,64H2,1-3H3,(H,67,76)(H,68,77)(H,69,78)(H,70,79)(H,71,80)/t49-,50+,51+,52+,53+,54-/m1/s1. The van der Waals surface area contributed by atoms with Crippen molar-refractivity contribution in [1.82, 2.24) is 36.2 Å². The van der Waals surface area contributed by atoms with Crippen LogP contribution in [0.1, 0.15) is 131 Å². The third-order valence-corrected chi connectivity index (χ3v) is 17.6. The molecule has 86 heavy (non-hydrogen) atoms. The number of nitrogens with zero attached hydrogens (tertiary/aromatic N) is 4. The molecule has 9 N–H and O–H groups in total. The molecule has 23 heteroatoms. The van der Waals surface area contributed by atoms with E-state index in [2.05, 4.69) is 46.9 Å². The third kappa shape index (κ3) is 14.0. The number of nitrogens with two attached hydrogens (primary N) is 1. The van der Waals surface area contributed by atoms with Crippen molar-refractivity contribution >= 4 is 85.0 Å². The van der Waals surface area contributed by atoms with Crippen molar-refractivity contribution in [2.24, 2.45) is 16.0 Å². The number of likely N-dealkylation sites (tertiary alicyclic amines) is 1. The molecule has 4 bridgehead atoms. The molecule has 6 aromatic carbocycles. The van der Waals surface area contributed by atoms with Gasteiger partial charge < -0.3 is 52.2 Å². The van der Waals surface area contributed by atoms with Crippen LogP contribution in [0.15, 0.2) is 136 Å². The van der Waals surface area contributed by atoms with E-state index in [0.717, 1.165) is 23.3 Å². The van der Waals surface area contributed by atoms with Crippen molar-refractivity contribution in [2.45, 2.75) is 99.4 Å². The zero-order valence-electron chi connectivity index (χ0n) is 48.1. The van der Waals surface area contributed by atoms with E-state index < -0.39 is 81.8 Å². The van der Waals surface area contributed by atoms with Crippen LogP contribution in [0, 0.1) is 0 Å². The first kappa shape index (κ1) is 60.1. The Labute approximate surface area is 498 Å². The number of sulfonamides is 1. The van der Waals surface area contributed by atoms with Crippen LogP contribution in [-0.4, -0.2) is 138 Å². The molecule has 0 aromatic heterocycles. The lowest BCUT2D eigenvalue weighted by Gasteiger charge is -2.33. The summed E-state index contributed by atoms with van der Waals surface area (Å²) < 4.78 is 35.3. The van der Waals surface area contributed by atoms with Crippen molar-refractivity contribution in [3.8, 4) is 0 Å². The molecule has 2 saturated carbocycles. The minimum absolute atomic E-state index is 0.00145. The lowest BCUT2D eigenvalue weighted by Crippen LogP contribution is -2.54. The maximum atomic E-state index is 14.4. The van der Waals surface area contributed by atoms with Gasteiger partial charge in [-0.25, -0.2) is 17.9 Å². The molecule has 10 rings (SSSR count). The van der Waals surface area contributed by atoms with Crippen LogP contribution in [-0.2, 0) is 14.8 Å². The van der Waals surface area contributed by atoms with Crippen molar-refractivity contribution in [2.75, 3.05) is 57.1 Å². The highest BCUT2D eigenvalue weighted by Crippen LogP contribution is 2.31. The molecule has 2 heterocycles. The quantitative estimate of drug-likeness (QED) is 0.0319. The highest BCUT2D eigenvalue weighted by Gasteiger charge is 2.36.